The Labute approximate surface area is 204 Å². The Hall–Kier alpha value is -2.33. The molecule has 1 N–H and O–H groups in total. The normalized spacial score (nSPS) is 32.3. The number of hydrogen-bond donors (Lipinski definition) is 1. The first-order valence-corrected chi connectivity index (χ1v) is 13.8. The third-order valence-electron chi connectivity index (χ3n) is 8.04. The van der Waals surface area contributed by atoms with E-state index in [1.807, 2.05) is 6.92 Å². The van der Waals surface area contributed by atoms with E-state index in [0.717, 1.165) is 29.8 Å². The molecule has 5 rings (SSSR count). The van der Waals surface area contributed by atoms with Gasteiger partial charge in [-0.05, 0) is 36.8 Å². The molecule has 2 fully saturated rings. The standard InChI is InChI=1S/C24H30N2O6S2/c1-12-15-8-9-24(3)11-17-20(13(2)19(24)21(15)32-22(12)27)25-23(33-17)26-34(28,29)18-10-14(30-4)6-7-16(18)31-5/h6-7,10,12-13,15,19,21H,8-9,11H2,1-5H3,(H,25,26)/t12-,13+,15-,19+,21+,24+/m0/s1. The maximum atomic E-state index is 13.2. The van der Waals surface area contributed by atoms with Crippen LogP contribution in [0.2, 0.25) is 0 Å². The summed E-state index contributed by atoms with van der Waals surface area (Å²) >= 11 is 1.38. The maximum absolute atomic E-state index is 13.2. The molecule has 34 heavy (non-hydrogen) atoms. The number of nitrogens with zero attached hydrogens (tertiary/aromatic N) is 1. The first-order valence-electron chi connectivity index (χ1n) is 11.5. The molecule has 2 aromatic rings. The van der Waals surface area contributed by atoms with Gasteiger partial charge in [0, 0.05) is 28.7 Å². The van der Waals surface area contributed by atoms with Crippen LogP contribution >= 0.6 is 11.3 Å². The van der Waals surface area contributed by atoms with Crippen molar-refractivity contribution in [2.45, 2.75) is 57.0 Å². The molecule has 0 radical (unpaired) electrons. The SMILES string of the molecule is COc1ccc(OC)c(S(=O)(=O)Nc2nc3c(s2)C[C@@]2(C)CC[C@@H]4[C@@H](OC(=O)[C@H]4C)[C@H]2[C@H]3C)c1. The number of anilines is 1. The minimum absolute atomic E-state index is 0.00843. The van der Waals surface area contributed by atoms with Crippen molar-refractivity contribution >= 4 is 32.5 Å². The monoisotopic (exact) mass is 506 g/mol. The number of benzene rings is 1. The molecule has 2 heterocycles. The van der Waals surface area contributed by atoms with E-state index in [1.165, 1.54) is 31.6 Å². The second-order valence-electron chi connectivity index (χ2n) is 9.99. The molecule has 10 heteroatoms. The van der Waals surface area contributed by atoms with E-state index in [0.29, 0.717) is 10.9 Å². The van der Waals surface area contributed by atoms with Crippen molar-refractivity contribution < 1.29 is 27.4 Å². The first-order chi connectivity index (χ1) is 16.1. The van der Waals surface area contributed by atoms with E-state index in [4.69, 9.17) is 19.2 Å². The Kier molecular flexibility index (Phi) is 5.59. The van der Waals surface area contributed by atoms with Crippen molar-refractivity contribution in [3.05, 3.63) is 28.8 Å². The van der Waals surface area contributed by atoms with Crippen LogP contribution < -0.4 is 14.2 Å². The third-order valence-corrected chi connectivity index (χ3v) is 10.5. The van der Waals surface area contributed by atoms with Crippen LogP contribution in [0.4, 0.5) is 5.13 Å². The summed E-state index contributed by atoms with van der Waals surface area (Å²) in [4.78, 5) is 18.2. The lowest BCUT2D eigenvalue weighted by atomic mass is 9.54. The van der Waals surface area contributed by atoms with Crippen molar-refractivity contribution in [3.63, 3.8) is 0 Å². The number of esters is 1. The number of rotatable bonds is 5. The number of hydrogen-bond acceptors (Lipinski definition) is 8. The van der Waals surface area contributed by atoms with Crippen LogP contribution in [0.15, 0.2) is 23.1 Å². The number of methoxy groups -OCH3 is 2. The molecule has 6 atom stereocenters. The van der Waals surface area contributed by atoms with Gasteiger partial charge in [-0.1, -0.05) is 20.8 Å². The molecular formula is C24H30N2O6S2. The second kappa shape index (κ2) is 8.12. The van der Waals surface area contributed by atoms with Gasteiger partial charge in [0.05, 0.1) is 25.8 Å². The molecule has 0 unspecified atom stereocenters. The van der Waals surface area contributed by atoms with Gasteiger partial charge < -0.3 is 14.2 Å². The summed E-state index contributed by atoms with van der Waals surface area (Å²) in [5.41, 5.74) is 0.885. The highest BCUT2D eigenvalue weighted by Gasteiger charge is 2.58. The number of sulfonamides is 1. The van der Waals surface area contributed by atoms with Crippen molar-refractivity contribution in [2.75, 3.05) is 18.9 Å². The highest BCUT2D eigenvalue weighted by atomic mass is 32.2. The Morgan fingerprint density at radius 1 is 1.21 bits per heavy atom. The third kappa shape index (κ3) is 3.57. The number of fused-ring (bicyclic) bond motifs is 4. The lowest BCUT2D eigenvalue weighted by Gasteiger charge is -2.51. The molecule has 1 aliphatic heterocycles. The number of carbonyl (C=O) groups is 1. The fourth-order valence-electron chi connectivity index (χ4n) is 6.29. The molecule has 1 saturated heterocycles. The predicted molar refractivity (Wildman–Crippen MR) is 128 cm³/mol. The van der Waals surface area contributed by atoms with Crippen molar-refractivity contribution in [3.8, 4) is 11.5 Å². The van der Waals surface area contributed by atoms with E-state index in [-0.39, 0.29) is 51.8 Å². The molecule has 0 spiro atoms. The largest absolute Gasteiger partial charge is 0.497 e. The summed E-state index contributed by atoms with van der Waals surface area (Å²) in [6, 6.07) is 4.64. The highest BCUT2D eigenvalue weighted by molar-refractivity contribution is 7.93. The van der Waals surface area contributed by atoms with Gasteiger partial charge in [0.2, 0.25) is 0 Å². The topological polar surface area (TPSA) is 104 Å². The van der Waals surface area contributed by atoms with Gasteiger partial charge in [-0.25, -0.2) is 13.4 Å². The molecule has 0 bridgehead atoms. The van der Waals surface area contributed by atoms with Crippen LogP contribution in [0.3, 0.4) is 0 Å². The number of aromatic nitrogens is 1. The van der Waals surface area contributed by atoms with Crippen LogP contribution in [0.1, 0.15) is 50.1 Å². The molecule has 1 saturated carbocycles. The summed E-state index contributed by atoms with van der Waals surface area (Å²) in [6.07, 6.45) is 2.69. The average Bonchev–Trinajstić information content (AvgIpc) is 3.31. The molecule has 184 valence electrons. The van der Waals surface area contributed by atoms with E-state index in [1.54, 1.807) is 12.1 Å². The maximum Gasteiger partial charge on any atom is 0.309 e. The lowest BCUT2D eigenvalue weighted by molar-refractivity contribution is -0.149. The van der Waals surface area contributed by atoms with E-state index < -0.39 is 10.0 Å². The predicted octanol–water partition coefficient (Wildman–Crippen LogP) is 4.21. The average molecular weight is 507 g/mol. The zero-order valence-electron chi connectivity index (χ0n) is 20.0. The van der Waals surface area contributed by atoms with E-state index in [9.17, 15) is 13.2 Å². The molecule has 0 amide bonds. The second-order valence-corrected chi connectivity index (χ2v) is 12.7. The summed E-state index contributed by atoms with van der Waals surface area (Å²) in [5, 5.41) is 0.331. The van der Waals surface area contributed by atoms with Gasteiger partial charge in [-0.2, -0.15) is 0 Å². The molecular weight excluding hydrogens is 476 g/mol. The Bertz CT molecular complexity index is 1240. The number of nitrogens with one attached hydrogen (secondary N) is 1. The van der Waals surface area contributed by atoms with Crippen LogP contribution in [0.5, 0.6) is 11.5 Å². The first kappa shape index (κ1) is 23.4. The number of carbonyl (C=O) groups excluding carboxylic acids is 1. The summed E-state index contributed by atoms with van der Waals surface area (Å²) < 4.78 is 45.5. The Morgan fingerprint density at radius 3 is 2.68 bits per heavy atom. The molecule has 2 aliphatic carbocycles. The van der Waals surface area contributed by atoms with Gasteiger partial charge in [-0.3, -0.25) is 9.52 Å². The van der Waals surface area contributed by atoms with E-state index >= 15 is 0 Å². The van der Waals surface area contributed by atoms with Crippen molar-refractivity contribution in [1.82, 2.24) is 4.98 Å². The van der Waals surface area contributed by atoms with Crippen LogP contribution in [-0.4, -0.2) is 39.7 Å². The van der Waals surface area contributed by atoms with Gasteiger partial charge in [-0.15, -0.1) is 11.3 Å². The summed E-state index contributed by atoms with van der Waals surface area (Å²) in [5.74, 6) is 0.935. The van der Waals surface area contributed by atoms with Gasteiger partial charge in [0.1, 0.15) is 22.5 Å². The van der Waals surface area contributed by atoms with Crippen LogP contribution in [-0.2, 0) is 26.0 Å². The minimum Gasteiger partial charge on any atom is -0.497 e. The quantitative estimate of drug-likeness (QED) is 0.606. The van der Waals surface area contributed by atoms with Crippen LogP contribution in [0.25, 0.3) is 0 Å². The minimum atomic E-state index is -3.95. The number of thiazole rings is 1. The zero-order chi connectivity index (χ0) is 24.4. The van der Waals surface area contributed by atoms with Gasteiger partial charge in [0.25, 0.3) is 10.0 Å². The number of ether oxygens (including phenoxy) is 3. The fraction of sp³-hybridized carbons (Fsp3) is 0.583. The molecule has 8 nitrogen and oxygen atoms in total. The van der Waals surface area contributed by atoms with Crippen LogP contribution in [0, 0.1) is 23.2 Å². The molecule has 3 aliphatic rings. The fourth-order valence-corrected chi connectivity index (χ4v) is 8.97. The summed E-state index contributed by atoms with van der Waals surface area (Å²) in [7, 11) is -1.04. The lowest BCUT2D eigenvalue weighted by Crippen LogP contribution is -2.50. The molecule has 1 aromatic carbocycles. The Morgan fingerprint density at radius 2 is 1.97 bits per heavy atom. The van der Waals surface area contributed by atoms with Gasteiger partial charge in [0.15, 0.2) is 5.13 Å². The van der Waals surface area contributed by atoms with Gasteiger partial charge >= 0.3 is 5.97 Å². The van der Waals surface area contributed by atoms with E-state index in [2.05, 4.69) is 18.6 Å². The van der Waals surface area contributed by atoms with Crippen molar-refractivity contribution in [1.29, 1.82) is 0 Å². The smallest absolute Gasteiger partial charge is 0.309 e. The molecule has 1 aromatic heterocycles. The van der Waals surface area contributed by atoms with Crippen molar-refractivity contribution in [2.24, 2.45) is 23.2 Å². The zero-order valence-corrected chi connectivity index (χ0v) is 21.6. The summed E-state index contributed by atoms with van der Waals surface area (Å²) in [6.45, 7) is 6.37. The highest BCUT2D eigenvalue weighted by Crippen LogP contribution is 2.59. The Balaban J connectivity index is 1.47.